The Bertz CT molecular complexity index is 3240. The van der Waals surface area contributed by atoms with Crippen molar-refractivity contribution in [2.24, 2.45) is 0 Å². The van der Waals surface area contributed by atoms with E-state index in [1.807, 2.05) is 48.5 Å². The van der Waals surface area contributed by atoms with Crippen LogP contribution < -0.4 is 0 Å². The topological polar surface area (TPSA) is 65.0 Å². The zero-order valence-electron chi connectivity index (χ0n) is 30.1. The summed E-state index contributed by atoms with van der Waals surface area (Å²) in [5.74, 6) is 1.71. The van der Waals surface area contributed by atoms with E-state index >= 15 is 0 Å². The highest BCUT2D eigenvalue weighted by Crippen LogP contribution is 2.38. The first-order valence-electron chi connectivity index (χ1n) is 18.7. The Morgan fingerprint density at radius 3 is 1.45 bits per heavy atom. The summed E-state index contributed by atoms with van der Waals surface area (Å²) in [6.07, 6.45) is 0. The average Bonchev–Trinajstić information content (AvgIpc) is 3.85. The lowest BCUT2D eigenvalue weighted by Crippen LogP contribution is -2.00. The highest BCUT2D eigenvalue weighted by atomic mass is 16.3. The van der Waals surface area contributed by atoms with Crippen LogP contribution in [0.5, 0.6) is 0 Å². The molecular weight excluding hydrogens is 687 g/mol. The van der Waals surface area contributed by atoms with E-state index in [-0.39, 0.29) is 0 Å². The normalized spacial score (nSPS) is 11.6. The van der Waals surface area contributed by atoms with E-state index < -0.39 is 0 Å². The molecule has 0 aliphatic heterocycles. The highest BCUT2D eigenvalue weighted by Gasteiger charge is 2.19. The van der Waals surface area contributed by atoms with Crippen LogP contribution in [0, 0.1) is 0 Å². The van der Waals surface area contributed by atoms with E-state index in [1.165, 1.54) is 11.1 Å². The van der Waals surface area contributed by atoms with Crippen LogP contribution in [0.15, 0.2) is 197 Å². The number of benzene rings is 8. The third-order valence-electron chi connectivity index (χ3n) is 10.6. The standard InChI is InChI=1S/C51H31N3O2/c1-3-11-32(12-4-1)36-15-9-16-37(29-36)34-21-23-35(24-22-34)49-52-50(54-51(53-49)43-18-10-20-45-48(43)42-17-7-8-19-44(42)55-45)39-26-28-41-40-27-25-38(33-13-5-2-6-14-33)30-46(40)56-47(41)31-39/h1-31H. The maximum atomic E-state index is 6.51. The molecule has 5 heteroatoms. The van der Waals surface area contributed by atoms with Gasteiger partial charge in [-0.3, -0.25) is 0 Å². The van der Waals surface area contributed by atoms with Gasteiger partial charge in [0.1, 0.15) is 22.3 Å². The molecule has 0 fully saturated rings. The van der Waals surface area contributed by atoms with Crippen LogP contribution in [-0.2, 0) is 0 Å². The molecule has 262 valence electrons. The first kappa shape index (κ1) is 31.9. The smallest absolute Gasteiger partial charge is 0.164 e. The van der Waals surface area contributed by atoms with Gasteiger partial charge in [0.05, 0.1) is 0 Å². The summed E-state index contributed by atoms with van der Waals surface area (Å²) < 4.78 is 12.8. The molecule has 0 spiro atoms. The van der Waals surface area contributed by atoms with Gasteiger partial charge in [-0.1, -0.05) is 146 Å². The van der Waals surface area contributed by atoms with Gasteiger partial charge in [-0.2, -0.15) is 0 Å². The summed E-state index contributed by atoms with van der Waals surface area (Å²) in [7, 11) is 0. The van der Waals surface area contributed by atoms with Gasteiger partial charge in [0.2, 0.25) is 0 Å². The second-order valence-electron chi connectivity index (χ2n) is 14.0. The van der Waals surface area contributed by atoms with Gasteiger partial charge < -0.3 is 8.83 Å². The average molecular weight is 718 g/mol. The molecule has 8 aromatic carbocycles. The van der Waals surface area contributed by atoms with Crippen molar-refractivity contribution in [1.82, 2.24) is 15.0 Å². The molecule has 3 aromatic heterocycles. The van der Waals surface area contributed by atoms with Gasteiger partial charge in [-0.15, -0.1) is 0 Å². The van der Waals surface area contributed by atoms with Crippen LogP contribution in [0.2, 0.25) is 0 Å². The Labute approximate surface area is 322 Å². The summed E-state index contributed by atoms with van der Waals surface area (Å²) >= 11 is 0. The predicted molar refractivity (Wildman–Crippen MR) is 227 cm³/mol. The molecule has 0 unspecified atom stereocenters. The molecular formula is C51H31N3O2. The molecule has 56 heavy (non-hydrogen) atoms. The van der Waals surface area contributed by atoms with Gasteiger partial charge in [0.25, 0.3) is 0 Å². The monoisotopic (exact) mass is 717 g/mol. The molecule has 3 heterocycles. The summed E-state index contributed by atoms with van der Waals surface area (Å²) in [6.45, 7) is 0. The molecule has 0 bridgehead atoms. The molecule has 0 aliphatic carbocycles. The Hall–Kier alpha value is -7.63. The van der Waals surface area contributed by atoms with Gasteiger partial charge >= 0.3 is 0 Å². The largest absolute Gasteiger partial charge is 0.456 e. The summed E-state index contributed by atoms with van der Waals surface area (Å²) in [4.78, 5) is 15.4. The maximum Gasteiger partial charge on any atom is 0.164 e. The minimum atomic E-state index is 0.557. The summed E-state index contributed by atoms with van der Waals surface area (Å²) in [5.41, 5.74) is 12.7. The van der Waals surface area contributed by atoms with Crippen molar-refractivity contribution in [3.05, 3.63) is 188 Å². The fraction of sp³-hybridized carbons (Fsp3) is 0. The molecule has 11 rings (SSSR count). The van der Waals surface area contributed by atoms with E-state index in [1.54, 1.807) is 0 Å². The minimum absolute atomic E-state index is 0.557. The van der Waals surface area contributed by atoms with Gasteiger partial charge in [0.15, 0.2) is 17.5 Å². The molecule has 0 saturated heterocycles. The Morgan fingerprint density at radius 2 is 0.732 bits per heavy atom. The molecule has 5 nitrogen and oxygen atoms in total. The van der Waals surface area contributed by atoms with E-state index in [0.29, 0.717) is 17.5 Å². The fourth-order valence-corrected chi connectivity index (χ4v) is 7.76. The fourth-order valence-electron chi connectivity index (χ4n) is 7.76. The van der Waals surface area contributed by atoms with E-state index in [0.717, 1.165) is 82.8 Å². The Kier molecular flexibility index (Phi) is 7.42. The number of hydrogen-bond donors (Lipinski definition) is 0. The SMILES string of the molecule is c1ccc(-c2cccc(-c3ccc(-c4nc(-c5ccc6c(c5)oc5cc(-c7ccccc7)ccc56)nc(-c5cccc6oc7ccccc7c56)n4)cc3)c2)cc1. The van der Waals surface area contributed by atoms with Crippen molar-refractivity contribution in [3.8, 4) is 67.5 Å². The number of nitrogens with zero attached hydrogens (tertiary/aromatic N) is 3. The van der Waals surface area contributed by atoms with Crippen LogP contribution >= 0.6 is 0 Å². The Balaban J connectivity index is 1.04. The molecule has 0 aliphatic rings. The number of furan rings is 2. The van der Waals surface area contributed by atoms with E-state index in [9.17, 15) is 0 Å². The van der Waals surface area contributed by atoms with Gasteiger partial charge in [-0.25, -0.2) is 15.0 Å². The first-order valence-corrected chi connectivity index (χ1v) is 18.7. The van der Waals surface area contributed by atoms with E-state index in [4.69, 9.17) is 23.8 Å². The predicted octanol–water partition coefficient (Wildman–Crippen LogP) is 13.7. The van der Waals surface area contributed by atoms with Crippen LogP contribution in [0.4, 0.5) is 0 Å². The van der Waals surface area contributed by atoms with Crippen LogP contribution in [0.1, 0.15) is 0 Å². The zero-order chi connectivity index (χ0) is 37.0. The number of para-hydroxylation sites is 1. The van der Waals surface area contributed by atoms with Crippen molar-refractivity contribution in [3.63, 3.8) is 0 Å². The van der Waals surface area contributed by atoms with Gasteiger partial charge in [0, 0.05) is 38.2 Å². The molecule has 0 radical (unpaired) electrons. The molecule has 0 N–H and O–H groups in total. The molecule has 11 aromatic rings. The maximum absolute atomic E-state index is 6.51. The Morgan fingerprint density at radius 1 is 0.268 bits per heavy atom. The summed E-state index contributed by atoms with van der Waals surface area (Å²) in [6, 6.07) is 64.6. The minimum Gasteiger partial charge on any atom is -0.456 e. The van der Waals surface area contributed by atoms with Crippen molar-refractivity contribution in [2.45, 2.75) is 0 Å². The lowest BCUT2D eigenvalue weighted by molar-refractivity contribution is 0.668. The number of hydrogen-bond acceptors (Lipinski definition) is 5. The quantitative estimate of drug-likeness (QED) is 0.171. The number of rotatable bonds is 6. The second kappa shape index (κ2) is 13.0. The van der Waals surface area contributed by atoms with Crippen molar-refractivity contribution in [2.75, 3.05) is 0 Å². The van der Waals surface area contributed by atoms with E-state index in [2.05, 4.69) is 140 Å². The van der Waals surface area contributed by atoms with Crippen molar-refractivity contribution >= 4 is 43.9 Å². The van der Waals surface area contributed by atoms with Crippen molar-refractivity contribution < 1.29 is 8.83 Å². The van der Waals surface area contributed by atoms with Crippen LogP contribution in [0.25, 0.3) is 111 Å². The number of aromatic nitrogens is 3. The van der Waals surface area contributed by atoms with Crippen LogP contribution in [0.3, 0.4) is 0 Å². The lowest BCUT2D eigenvalue weighted by atomic mass is 9.98. The van der Waals surface area contributed by atoms with Crippen LogP contribution in [-0.4, -0.2) is 15.0 Å². The molecule has 0 amide bonds. The molecule has 0 saturated carbocycles. The zero-order valence-corrected chi connectivity index (χ0v) is 30.1. The third kappa shape index (κ3) is 5.53. The highest BCUT2D eigenvalue weighted by molar-refractivity contribution is 6.12. The van der Waals surface area contributed by atoms with Gasteiger partial charge in [-0.05, 0) is 75.8 Å². The van der Waals surface area contributed by atoms with Crippen molar-refractivity contribution in [1.29, 1.82) is 0 Å². The molecule has 0 atom stereocenters. The number of fused-ring (bicyclic) bond motifs is 6. The summed E-state index contributed by atoms with van der Waals surface area (Å²) in [5, 5.41) is 4.10. The third-order valence-corrected chi connectivity index (χ3v) is 10.6. The lowest BCUT2D eigenvalue weighted by Gasteiger charge is -2.10. The first-order chi connectivity index (χ1) is 27.7. The second-order valence-corrected chi connectivity index (χ2v) is 14.0.